The van der Waals surface area contributed by atoms with Gasteiger partial charge in [-0.3, -0.25) is 9.69 Å². The van der Waals surface area contributed by atoms with Crippen molar-refractivity contribution in [1.82, 2.24) is 0 Å². The number of carbonyl (C=O) groups is 2. The molecule has 0 saturated heterocycles. The van der Waals surface area contributed by atoms with Gasteiger partial charge < -0.3 is 9.84 Å². The van der Waals surface area contributed by atoms with Crippen LogP contribution in [-0.4, -0.2) is 29.1 Å². The summed E-state index contributed by atoms with van der Waals surface area (Å²) in [4.78, 5) is 25.4. The first-order valence-electron chi connectivity index (χ1n) is 9.14. The number of terminal acetylenes is 1. The number of halogens is 1. The number of carboxylic acids is 1. The van der Waals surface area contributed by atoms with Crippen molar-refractivity contribution in [3.63, 3.8) is 0 Å². The molecular weight excluding hydrogens is 366 g/mol. The molecule has 1 aromatic rings. The number of ether oxygens (including phenoxy) is 1. The van der Waals surface area contributed by atoms with Crippen LogP contribution < -0.4 is 9.64 Å². The number of anilines is 1. The SMILES string of the molecule is C#CC(=O)N(c1ccc(OC2CCCCC2)c(Cl)c1)C(C(=O)O)C(C)(C)C. The molecule has 6 heteroatoms. The maximum absolute atomic E-state index is 12.4. The van der Waals surface area contributed by atoms with Crippen LogP contribution in [0, 0.1) is 17.8 Å². The highest BCUT2D eigenvalue weighted by molar-refractivity contribution is 6.32. The lowest BCUT2D eigenvalue weighted by Gasteiger charge is -2.36. The van der Waals surface area contributed by atoms with Crippen LogP contribution in [0.2, 0.25) is 5.02 Å². The number of carboxylic acid groups (broad SMARTS) is 1. The summed E-state index contributed by atoms with van der Waals surface area (Å²) < 4.78 is 5.99. The van der Waals surface area contributed by atoms with Gasteiger partial charge >= 0.3 is 11.9 Å². The van der Waals surface area contributed by atoms with E-state index in [1.54, 1.807) is 32.9 Å². The van der Waals surface area contributed by atoms with E-state index in [0.717, 1.165) is 30.6 Å². The molecule has 5 nitrogen and oxygen atoms in total. The number of hydrogen-bond donors (Lipinski definition) is 1. The van der Waals surface area contributed by atoms with Crippen LogP contribution in [0.15, 0.2) is 18.2 Å². The van der Waals surface area contributed by atoms with Crippen LogP contribution in [0.3, 0.4) is 0 Å². The second kappa shape index (κ2) is 8.67. The summed E-state index contributed by atoms with van der Waals surface area (Å²) in [6, 6.07) is 3.70. The molecule has 1 atom stereocenters. The molecule has 27 heavy (non-hydrogen) atoms. The van der Waals surface area contributed by atoms with Crippen LogP contribution in [0.4, 0.5) is 5.69 Å². The lowest BCUT2D eigenvalue weighted by atomic mass is 9.85. The number of aliphatic carboxylic acids is 1. The van der Waals surface area contributed by atoms with Crippen molar-refractivity contribution in [2.45, 2.75) is 65.0 Å². The lowest BCUT2D eigenvalue weighted by molar-refractivity contribution is -0.142. The molecule has 1 aromatic carbocycles. The van der Waals surface area contributed by atoms with E-state index < -0.39 is 23.3 Å². The first-order chi connectivity index (χ1) is 12.6. The zero-order valence-electron chi connectivity index (χ0n) is 16.0. The molecule has 1 unspecified atom stereocenters. The van der Waals surface area contributed by atoms with E-state index in [0.29, 0.717) is 16.5 Å². The van der Waals surface area contributed by atoms with Crippen molar-refractivity contribution in [3.8, 4) is 18.1 Å². The Morgan fingerprint density at radius 2 is 1.93 bits per heavy atom. The normalized spacial score (nSPS) is 16.3. The molecule has 1 fully saturated rings. The van der Waals surface area contributed by atoms with Crippen LogP contribution >= 0.6 is 11.6 Å². The molecule has 1 N–H and O–H groups in total. The zero-order chi connectivity index (χ0) is 20.2. The number of benzene rings is 1. The van der Waals surface area contributed by atoms with E-state index in [4.69, 9.17) is 22.8 Å². The van der Waals surface area contributed by atoms with Gasteiger partial charge in [0.2, 0.25) is 0 Å². The Kier molecular flexibility index (Phi) is 6.78. The Morgan fingerprint density at radius 3 is 2.41 bits per heavy atom. The molecule has 146 valence electrons. The number of hydrogen-bond acceptors (Lipinski definition) is 3. The van der Waals surface area contributed by atoms with Gasteiger partial charge in [-0.15, -0.1) is 6.42 Å². The fourth-order valence-electron chi connectivity index (χ4n) is 3.42. The van der Waals surface area contributed by atoms with Crippen molar-refractivity contribution < 1.29 is 19.4 Å². The van der Waals surface area contributed by atoms with E-state index in [1.165, 1.54) is 12.5 Å². The second-order valence-electron chi connectivity index (χ2n) is 7.92. The quantitative estimate of drug-likeness (QED) is 0.749. The van der Waals surface area contributed by atoms with Crippen LogP contribution in [0.5, 0.6) is 5.75 Å². The van der Waals surface area contributed by atoms with Crippen molar-refractivity contribution in [3.05, 3.63) is 23.2 Å². The van der Waals surface area contributed by atoms with Crippen molar-refractivity contribution in [2.24, 2.45) is 5.41 Å². The summed E-state index contributed by atoms with van der Waals surface area (Å²) in [6.45, 7) is 5.22. The van der Waals surface area contributed by atoms with Gasteiger partial charge in [0, 0.05) is 5.69 Å². The Balaban J connectivity index is 2.36. The molecule has 0 aliphatic heterocycles. The number of rotatable bonds is 5. The van der Waals surface area contributed by atoms with Crippen LogP contribution in [0.1, 0.15) is 52.9 Å². The van der Waals surface area contributed by atoms with Gasteiger partial charge in [0.05, 0.1) is 11.1 Å². The largest absolute Gasteiger partial charge is 0.489 e. The van der Waals surface area contributed by atoms with Gasteiger partial charge in [-0.2, -0.15) is 0 Å². The topological polar surface area (TPSA) is 66.8 Å². The fraction of sp³-hybridized carbons (Fsp3) is 0.524. The van der Waals surface area contributed by atoms with Gasteiger partial charge in [-0.25, -0.2) is 4.79 Å². The summed E-state index contributed by atoms with van der Waals surface area (Å²) in [5, 5.41) is 10.0. The van der Waals surface area contributed by atoms with Crippen LogP contribution in [-0.2, 0) is 9.59 Å². The molecule has 0 spiro atoms. The van der Waals surface area contributed by atoms with Gasteiger partial charge in [0.1, 0.15) is 11.8 Å². The number of nitrogens with zero attached hydrogens (tertiary/aromatic N) is 1. The predicted octanol–water partition coefficient (Wildman–Crippen LogP) is 4.52. The highest BCUT2D eigenvalue weighted by atomic mass is 35.5. The molecule has 0 aromatic heterocycles. The minimum absolute atomic E-state index is 0.131. The first kappa shape index (κ1) is 21.1. The maximum Gasteiger partial charge on any atom is 0.327 e. The lowest BCUT2D eigenvalue weighted by Crippen LogP contribution is -2.52. The third kappa shape index (κ3) is 5.17. The van der Waals surface area contributed by atoms with Crippen molar-refractivity contribution in [1.29, 1.82) is 0 Å². The first-order valence-corrected chi connectivity index (χ1v) is 9.51. The molecular formula is C21H26ClNO4. The highest BCUT2D eigenvalue weighted by Gasteiger charge is 2.40. The second-order valence-corrected chi connectivity index (χ2v) is 8.33. The van der Waals surface area contributed by atoms with Gasteiger partial charge in [0.15, 0.2) is 0 Å². The van der Waals surface area contributed by atoms with Gasteiger partial charge in [0.25, 0.3) is 0 Å². The van der Waals surface area contributed by atoms with Crippen LogP contribution in [0.25, 0.3) is 0 Å². The maximum atomic E-state index is 12.4. The van der Waals surface area contributed by atoms with E-state index >= 15 is 0 Å². The average Bonchev–Trinajstić information content (AvgIpc) is 2.60. The Bertz CT molecular complexity index is 742. The van der Waals surface area contributed by atoms with E-state index in [-0.39, 0.29) is 6.10 Å². The highest BCUT2D eigenvalue weighted by Crippen LogP contribution is 2.35. The zero-order valence-corrected chi connectivity index (χ0v) is 16.8. The van der Waals surface area contributed by atoms with E-state index in [1.807, 2.05) is 5.92 Å². The minimum atomic E-state index is -1.14. The molecule has 1 aliphatic rings. The molecule has 1 saturated carbocycles. The fourth-order valence-corrected chi connectivity index (χ4v) is 3.64. The Hall–Kier alpha value is -2.19. The van der Waals surface area contributed by atoms with E-state index in [9.17, 15) is 14.7 Å². The van der Waals surface area contributed by atoms with E-state index in [2.05, 4.69) is 0 Å². The molecule has 1 aliphatic carbocycles. The monoisotopic (exact) mass is 391 g/mol. The molecule has 1 amide bonds. The third-order valence-electron chi connectivity index (χ3n) is 4.69. The van der Waals surface area contributed by atoms with Gasteiger partial charge in [-0.1, -0.05) is 38.8 Å². The molecule has 0 bridgehead atoms. The molecule has 0 heterocycles. The Labute approximate surface area is 165 Å². The molecule has 0 radical (unpaired) electrons. The summed E-state index contributed by atoms with van der Waals surface area (Å²) in [7, 11) is 0. The average molecular weight is 392 g/mol. The minimum Gasteiger partial charge on any atom is -0.489 e. The summed E-state index contributed by atoms with van der Waals surface area (Å²) in [5.41, 5.74) is -0.400. The summed E-state index contributed by atoms with van der Waals surface area (Å²) in [6.07, 6.45) is 10.9. The van der Waals surface area contributed by atoms with Crippen molar-refractivity contribution >= 4 is 29.2 Å². The standard InChI is InChI=1S/C21H26ClNO4/c1-5-18(24)23(19(20(25)26)21(2,3)4)14-11-12-17(16(22)13-14)27-15-9-7-6-8-10-15/h1,11-13,15,19H,6-10H2,2-4H3,(H,25,26). The number of carbonyl (C=O) groups excluding carboxylic acids is 1. The smallest absolute Gasteiger partial charge is 0.327 e. The third-order valence-corrected chi connectivity index (χ3v) is 4.99. The Morgan fingerprint density at radius 1 is 1.30 bits per heavy atom. The predicted molar refractivity (Wildman–Crippen MR) is 106 cm³/mol. The summed E-state index contributed by atoms with van der Waals surface area (Å²) in [5.74, 6) is 0.689. The molecule has 2 rings (SSSR count). The van der Waals surface area contributed by atoms with Crippen molar-refractivity contribution in [2.75, 3.05) is 4.90 Å². The summed E-state index contributed by atoms with van der Waals surface area (Å²) >= 11 is 6.38. The van der Waals surface area contributed by atoms with Gasteiger partial charge in [-0.05, 0) is 55.2 Å². The number of amides is 1.